The minimum atomic E-state index is -0.381. The van der Waals surface area contributed by atoms with Gasteiger partial charge in [0.15, 0.2) is 5.75 Å². The molecule has 1 aliphatic heterocycles. The van der Waals surface area contributed by atoms with Gasteiger partial charge in [-0.3, -0.25) is 9.18 Å². The fourth-order valence-electron chi connectivity index (χ4n) is 5.10. The van der Waals surface area contributed by atoms with E-state index in [0.29, 0.717) is 45.5 Å². The fraction of sp³-hybridized carbons (Fsp3) is 0.300. The van der Waals surface area contributed by atoms with Crippen molar-refractivity contribution in [2.75, 3.05) is 31.6 Å². The van der Waals surface area contributed by atoms with Crippen LogP contribution in [0.4, 0.5) is 14.5 Å². The second-order valence-electron chi connectivity index (χ2n) is 9.78. The minimum absolute atomic E-state index is 0.101. The van der Waals surface area contributed by atoms with Crippen molar-refractivity contribution in [3.05, 3.63) is 82.0 Å². The van der Waals surface area contributed by atoms with Crippen molar-refractivity contribution in [2.24, 2.45) is 0 Å². The first kappa shape index (κ1) is 26.1. The molecular formula is C30H30F2N2O3S. The van der Waals surface area contributed by atoms with Gasteiger partial charge < -0.3 is 20.1 Å². The highest BCUT2D eigenvalue weighted by molar-refractivity contribution is 7.21. The summed E-state index contributed by atoms with van der Waals surface area (Å²) in [6, 6.07) is 15.5. The Hall–Kier alpha value is -3.49. The van der Waals surface area contributed by atoms with E-state index in [1.807, 2.05) is 24.3 Å². The highest BCUT2D eigenvalue weighted by atomic mass is 32.1. The smallest absolute Gasteiger partial charge is 0.207 e. The maximum absolute atomic E-state index is 13.9. The fourth-order valence-corrected chi connectivity index (χ4v) is 6.21. The molecule has 1 fully saturated rings. The molecule has 2 N–H and O–H groups in total. The average Bonchev–Trinajstić information content (AvgIpc) is 3.47. The lowest BCUT2D eigenvalue weighted by atomic mass is 9.97. The van der Waals surface area contributed by atoms with Gasteiger partial charge in [-0.1, -0.05) is 0 Å². The molecule has 0 bridgehead atoms. The summed E-state index contributed by atoms with van der Waals surface area (Å²) >= 11 is 1.24. The Balaban J connectivity index is 1.40. The molecule has 198 valence electrons. The topological polar surface area (TPSA) is 61.8 Å². The lowest BCUT2D eigenvalue weighted by Crippen LogP contribution is -2.27. The predicted molar refractivity (Wildman–Crippen MR) is 148 cm³/mol. The van der Waals surface area contributed by atoms with E-state index in [4.69, 9.17) is 4.74 Å². The van der Waals surface area contributed by atoms with Crippen molar-refractivity contribution in [3.63, 3.8) is 0 Å². The van der Waals surface area contributed by atoms with Crippen LogP contribution in [0.25, 0.3) is 10.1 Å². The molecule has 0 unspecified atom stereocenters. The number of carbonyl (C=O) groups excluding carboxylic acids is 1. The lowest BCUT2D eigenvalue weighted by molar-refractivity contribution is 0.103. The molecule has 0 saturated carbocycles. The van der Waals surface area contributed by atoms with E-state index in [1.165, 1.54) is 23.5 Å². The second-order valence-corrected chi connectivity index (χ2v) is 10.8. The number of hydrogen-bond acceptors (Lipinski definition) is 6. The summed E-state index contributed by atoms with van der Waals surface area (Å²) in [5.41, 5.74) is 2.53. The molecule has 3 aromatic carbocycles. The third-order valence-electron chi connectivity index (χ3n) is 6.88. The molecule has 4 aromatic rings. The van der Waals surface area contributed by atoms with Crippen molar-refractivity contribution in [3.8, 4) is 17.2 Å². The number of aromatic hydroxyl groups is 1. The van der Waals surface area contributed by atoms with Gasteiger partial charge in [-0.25, -0.2) is 4.39 Å². The number of aryl methyl sites for hydroxylation is 2. The highest BCUT2D eigenvalue weighted by Crippen LogP contribution is 2.43. The van der Waals surface area contributed by atoms with Crippen LogP contribution in [0.3, 0.4) is 0 Å². The van der Waals surface area contributed by atoms with Gasteiger partial charge in [0, 0.05) is 47.0 Å². The number of rotatable bonds is 9. The van der Waals surface area contributed by atoms with Gasteiger partial charge in [0.1, 0.15) is 22.2 Å². The molecule has 5 nitrogen and oxygen atoms in total. The number of anilines is 1. The lowest BCUT2D eigenvalue weighted by Gasteiger charge is -2.17. The zero-order chi connectivity index (χ0) is 26.8. The van der Waals surface area contributed by atoms with Crippen LogP contribution < -0.4 is 10.1 Å². The molecule has 1 aromatic heterocycles. The van der Waals surface area contributed by atoms with Crippen LogP contribution in [-0.2, 0) is 0 Å². The quantitative estimate of drug-likeness (QED) is 0.221. The second kappa shape index (κ2) is 11.1. The van der Waals surface area contributed by atoms with E-state index in [1.54, 1.807) is 32.0 Å². The van der Waals surface area contributed by atoms with E-state index >= 15 is 0 Å². The third kappa shape index (κ3) is 5.51. The Morgan fingerprint density at radius 2 is 1.87 bits per heavy atom. The monoisotopic (exact) mass is 536 g/mol. The molecule has 38 heavy (non-hydrogen) atoms. The maximum atomic E-state index is 13.9. The summed E-state index contributed by atoms with van der Waals surface area (Å²) in [7, 11) is 0. The van der Waals surface area contributed by atoms with Crippen LogP contribution in [0.2, 0.25) is 0 Å². The molecule has 0 spiro atoms. The van der Waals surface area contributed by atoms with Crippen molar-refractivity contribution in [2.45, 2.75) is 32.7 Å². The number of ketones is 1. The number of nitrogens with zero attached hydrogens (tertiary/aromatic N) is 1. The molecule has 1 aliphatic rings. The number of halogens is 2. The molecule has 0 amide bonds. The van der Waals surface area contributed by atoms with Gasteiger partial charge in [0.2, 0.25) is 5.78 Å². The van der Waals surface area contributed by atoms with Crippen molar-refractivity contribution < 1.29 is 23.4 Å². The van der Waals surface area contributed by atoms with Crippen LogP contribution in [0, 0.1) is 19.7 Å². The molecule has 5 rings (SSSR count). The first-order chi connectivity index (χ1) is 18.3. The number of fused-ring (bicyclic) bond motifs is 1. The van der Waals surface area contributed by atoms with Crippen LogP contribution in [-0.4, -0.2) is 48.1 Å². The maximum Gasteiger partial charge on any atom is 0.207 e. The number of phenolic OH excluding ortho intramolecular Hbond substituents is 1. The van der Waals surface area contributed by atoms with Gasteiger partial charge in [-0.05, 0) is 92.4 Å². The van der Waals surface area contributed by atoms with Gasteiger partial charge in [0.25, 0.3) is 0 Å². The van der Waals surface area contributed by atoms with Gasteiger partial charge >= 0.3 is 0 Å². The number of thiophene rings is 1. The summed E-state index contributed by atoms with van der Waals surface area (Å²) in [6.07, 6.45) is 1.58. The molecule has 8 heteroatoms. The van der Waals surface area contributed by atoms with Gasteiger partial charge in [-0.2, -0.15) is 0 Å². The molecule has 2 heterocycles. The number of benzene rings is 3. The van der Waals surface area contributed by atoms with E-state index in [9.17, 15) is 18.7 Å². The summed E-state index contributed by atoms with van der Waals surface area (Å²) < 4.78 is 33.4. The minimum Gasteiger partial charge on any atom is -0.508 e. The normalized spacial score (nSPS) is 15.7. The largest absolute Gasteiger partial charge is 0.508 e. The Labute approximate surface area is 224 Å². The Morgan fingerprint density at radius 1 is 1.13 bits per heavy atom. The van der Waals surface area contributed by atoms with Crippen LogP contribution >= 0.6 is 11.3 Å². The van der Waals surface area contributed by atoms with Crippen molar-refractivity contribution in [1.29, 1.82) is 0 Å². The zero-order valence-electron chi connectivity index (χ0n) is 21.4. The highest BCUT2D eigenvalue weighted by Gasteiger charge is 2.25. The van der Waals surface area contributed by atoms with Gasteiger partial charge in [0.05, 0.1) is 6.67 Å². The number of phenols is 1. The summed E-state index contributed by atoms with van der Waals surface area (Å²) in [6.45, 7) is 5.79. The molecule has 0 aliphatic carbocycles. The average molecular weight is 537 g/mol. The number of hydrogen-bond donors (Lipinski definition) is 2. The van der Waals surface area contributed by atoms with Crippen LogP contribution in [0.1, 0.15) is 39.2 Å². The molecule has 1 atom stereocenters. The number of alkyl halides is 1. The number of likely N-dealkylation sites (tertiary alicyclic amines) is 1. The number of ether oxygens (including phenoxy) is 1. The number of nitrogens with one attached hydrogen (secondary N) is 1. The standard InChI is InChI=1S/C30H30F2N2O3S/c1-18-14-20(32)15-19(2)27(18)28(36)30-29(25-9-6-23(35)16-26(25)38-30)37-24-7-4-21(5-8-24)33-22-10-13-34(17-22)12-3-11-31/h4-9,14-16,22,33,35H,3,10-13,17H2,1-2H3/t22-/m0/s1. The number of carbonyl (C=O) groups is 1. The van der Waals surface area contributed by atoms with E-state index in [0.717, 1.165) is 41.8 Å². The molecule has 1 saturated heterocycles. The first-order valence-electron chi connectivity index (χ1n) is 12.7. The van der Waals surface area contributed by atoms with E-state index in [2.05, 4.69) is 10.2 Å². The van der Waals surface area contributed by atoms with Crippen LogP contribution in [0.5, 0.6) is 17.2 Å². The zero-order valence-corrected chi connectivity index (χ0v) is 22.2. The SMILES string of the molecule is Cc1cc(F)cc(C)c1C(=O)c1sc2cc(O)ccc2c1Oc1ccc(N[C@H]2CCN(CCCF)C2)cc1. The Bertz CT molecular complexity index is 1450. The Morgan fingerprint density at radius 3 is 2.58 bits per heavy atom. The molecular weight excluding hydrogens is 506 g/mol. The van der Waals surface area contributed by atoms with E-state index in [-0.39, 0.29) is 24.0 Å². The third-order valence-corrected chi connectivity index (χ3v) is 8.02. The van der Waals surface area contributed by atoms with E-state index < -0.39 is 0 Å². The first-order valence-corrected chi connectivity index (χ1v) is 13.5. The summed E-state index contributed by atoms with van der Waals surface area (Å²) in [5.74, 6) is 0.462. The van der Waals surface area contributed by atoms with Crippen molar-refractivity contribution in [1.82, 2.24) is 4.90 Å². The van der Waals surface area contributed by atoms with Crippen LogP contribution in [0.15, 0.2) is 54.6 Å². The Kier molecular flexibility index (Phi) is 7.63. The summed E-state index contributed by atoms with van der Waals surface area (Å²) in [5, 5.41) is 14.3. The van der Waals surface area contributed by atoms with Gasteiger partial charge in [-0.15, -0.1) is 11.3 Å². The summed E-state index contributed by atoms with van der Waals surface area (Å²) in [4.78, 5) is 16.4. The molecule has 0 radical (unpaired) electrons. The van der Waals surface area contributed by atoms with Crippen molar-refractivity contribution >= 4 is 32.9 Å². The predicted octanol–water partition coefficient (Wildman–Crippen LogP) is 7.23.